The second-order valence-corrected chi connectivity index (χ2v) is 7.95. The van der Waals surface area contributed by atoms with Gasteiger partial charge >= 0.3 is 5.97 Å². The molecule has 0 spiro atoms. The number of carbonyl (C=O) groups excluding carboxylic acids is 1. The van der Waals surface area contributed by atoms with Crippen molar-refractivity contribution in [2.24, 2.45) is 5.73 Å². The fourth-order valence-corrected chi connectivity index (χ4v) is 4.46. The summed E-state index contributed by atoms with van der Waals surface area (Å²) in [6, 6.07) is 6.13. The van der Waals surface area contributed by atoms with Crippen molar-refractivity contribution in [3.63, 3.8) is 0 Å². The number of hydrogen-bond donors (Lipinski definition) is 2. The van der Waals surface area contributed by atoms with Gasteiger partial charge in [0.2, 0.25) is 0 Å². The smallest absolute Gasteiger partial charge is 0.343 e. The van der Waals surface area contributed by atoms with Crippen molar-refractivity contribution < 1.29 is 19.0 Å². The number of benzene rings is 1. The summed E-state index contributed by atoms with van der Waals surface area (Å²) >= 11 is 5.89. The summed E-state index contributed by atoms with van der Waals surface area (Å²) in [5.41, 5.74) is 5.83. The number of ether oxygens (including phenoxy) is 1. The number of halogens is 2. The normalized spacial score (nSPS) is 21.9. The molecule has 0 amide bonds. The van der Waals surface area contributed by atoms with Crippen molar-refractivity contribution >= 4 is 28.5 Å². The molecule has 1 aromatic carbocycles. The van der Waals surface area contributed by atoms with Crippen molar-refractivity contribution in [2.75, 3.05) is 6.54 Å². The number of rotatable bonds is 2. The van der Waals surface area contributed by atoms with Gasteiger partial charge in [0, 0.05) is 29.1 Å². The molecule has 5 rings (SSSR count). The summed E-state index contributed by atoms with van der Waals surface area (Å²) in [4.78, 5) is 30.4. The number of carbonyl (C=O) groups is 1. The van der Waals surface area contributed by atoms with E-state index in [-0.39, 0.29) is 35.7 Å². The standard InChI is InChI=1S/C21H17ClFN3O4/c1-2-21(29)11-5-15-18-10(3-9-4-12(22)13(23)6-14(9)25-18)8-26(15)19(27)17(11)16(7-24)30-20(21)28/h3-6,16,29H,2,7-8,24H2,1H3. The summed E-state index contributed by atoms with van der Waals surface area (Å²) in [6.07, 6.45) is -0.908. The van der Waals surface area contributed by atoms with Crippen LogP contribution in [0.4, 0.5) is 4.39 Å². The molecule has 0 radical (unpaired) electrons. The Morgan fingerprint density at radius 1 is 1.37 bits per heavy atom. The fraction of sp³-hybridized carbons (Fsp3) is 0.286. The van der Waals surface area contributed by atoms with E-state index in [4.69, 9.17) is 22.1 Å². The van der Waals surface area contributed by atoms with Crippen LogP contribution in [0.1, 0.15) is 36.1 Å². The van der Waals surface area contributed by atoms with E-state index < -0.39 is 29.1 Å². The molecule has 0 saturated heterocycles. The maximum absolute atomic E-state index is 13.9. The number of aromatic nitrogens is 2. The quantitative estimate of drug-likeness (QED) is 0.474. The monoisotopic (exact) mass is 429 g/mol. The van der Waals surface area contributed by atoms with E-state index in [2.05, 4.69) is 4.98 Å². The van der Waals surface area contributed by atoms with Crippen LogP contribution >= 0.6 is 11.6 Å². The maximum atomic E-state index is 13.9. The molecule has 2 unspecified atom stereocenters. The van der Waals surface area contributed by atoms with Gasteiger partial charge in [-0.05, 0) is 24.6 Å². The zero-order chi connectivity index (χ0) is 21.4. The lowest BCUT2D eigenvalue weighted by molar-refractivity contribution is -0.177. The first-order valence-electron chi connectivity index (χ1n) is 9.49. The molecule has 3 N–H and O–H groups in total. The van der Waals surface area contributed by atoms with Crippen LogP contribution in [0.25, 0.3) is 22.3 Å². The Morgan fingerprint density at radius 2 is 2.13 bits per heavy atom. The van der Waals surface area contributed by atoms with Crippen LogP contribution in [0.3, 0.4) is 0 Å². The van der Waals surface area contributed by atoms with Crippen molar-refractivity contribution in [3.05, 3.63) is 62.1 Å². The van der Waals surface area contributed by atoms with E-state index in [9.17, 15) is 19.1 Å². The highest BCUT2D eigenvalue weighted by Gasteiger charge is 2.48. The number of esters is 1. The van der Waals surface area contributed by atoms with Crippen molar-refractivity contribution in [2.45, 2.75) is 31.6 Å². The van der Waals surface area contributed by atoms with Gasteiger partial charge in [0.05, 0.1) is 34.0 Å². The lowest BCUT2D eigenvalue weighted by Gasteiger charge is -2.35. The van der Waals surface area contributed by atoms with Crippen LogP contribution in [0.2, 0.25) is 5.02 Å². The lowest BCUT2D eigenvalue weighted by Crippen LogP contribution is -2.47. The summed E-state index contributed by atoms with van der Waals surface area (Å²) in [6.45, 7) is 1.79. The highest BCUT2D eigenvalue weighted by Crippen LogP contribution is 2.41. The van der Waals surface area contributed by atoms with E-state index in [1.807, 2.05) is 6.07 Å². The fourth-order valence-electron chi connectivity index (χ4n) is 4.29. The SMILES string of the molecule is CCC1(O)C(=O)OC(CN)c2c1cc1n(c2=O)Cc2cc3cc(Cl)c(F)cc3nc2-1. The number of hydrogen-bond acceptors (Lipinski definition) is 6. The highest BCUT2D eigenvalue weighted by molar-refractivity contribution is 6.31. The Morgan fingerprint density at radius 3 is 2.83 bits per heavy atom. The number of cyclic esters (lactones) is 1. The molecule has 0 bridgehead atoms. The molecule has 0 fully saturated rings. The van der Waals surface area contributed by atoms with Crippen LogP contribution in [0.15, 0.2) is 29.1 Å². The van der Waals surface area contributed by atoms with Crippen molar-refractivity contribution in [1.82, 2.24) is 9.55 Å². The van der Waals surface area contributed by atoms with E-state index >= 15 is 0 Å². The first-order valence-corrected chi connectivity index (χ1v) is 9.87. The average Bonchev–Trinajstić information content (AvgIpc) is 3.08. The Bertz CT molecular complexity index is 1320. The van der Waals surface area contributed by atoms with E-state index in [0.717, 1.165) is 5.56 Å². The number of fused-ring (bicyclic) bond motifs is 5. The molecular weight excluding hydrogens is 413 g/mol. The molecule has 0 aliphatic carbocycles. The van der Waals surface area contributed by atoms with Crippen molar-refractivity contribution in [1.29, 1.82) is 0 Å². The Hall–Kier alpha value is -2.81. The summed E-state index contributed by atoms with van der Waals surface area (Å²) in [5, 5.41) is 11.6. The number of nitrogens with zero attached hydrogens (tertiary/aromatic N) is 2. The lowest BCUT2D eigenvalue weighted by atomic mass is 9.83. The average molecular weight is 430 g/mol. The van der Waals surface area contributed by atoms with Crippen LogP contribution in [0, 0.1) is 5.82 Å². The molecule has 2 aromatic heterocycles. The molecule has 3 aromatic rings. The zero-order valence-electron chi connectivity index (χ0n) is 15.9. The molecule has 7 nitrogen and oxygen atoms in total. The molecule has 30 heavy (non-hydrogen) atoms. The molecule has 9 heteroatoms. The molecule has 2 atom stereocenters. The van der Waals surface area contributed by atoms with Crippen LogP contribution < -0.4 is 11.3 Å². The summed E-state index contributed by atoms with van der Waals surface area (Å²) in [7, 11) is 0. The Labute approximate surface area is 174 Å². The molecular formula is C21H17ClFN3O4. The topological polar surface area (TPSA) is 107 Å². The largest absolute Gasteiger partial charge is 0.454 e. The third-order valence-electron chi connectivity index (χ3n) is 5.92. The second kappa shape index (κ2) is 6.34. The predicted molar refractivity (Wildman–Crippen MR) is 108 cm³/mol. The molecule has 2 aliphatic rings. The van der Waals surface area contributed by atoms with Gasteiger partial charge in [0.1, 0.15) is 11.9 Å². The number of nitrogens with two attached hydrogens (primary N) is 1. The second-order valence-electron chi connectivity index (χ2n) is 7.55. The van der Waals surface area contributed by atoms with E-state index in [1.165, 1.54) is 16.7 Å². The third kappa shape index (κ3) is 2.41. The van der Waals surface area contributed by atoms with Gasteiger partial charge < -0.3 is 20.1 Å². The number of aliphatic hydroxyl groups is 1. The minimum atomic E-state index is -1.95. The van der Waals surface area contributed by atoms with Crippen molar-refractivity contribution in [3.8, 4) is 11.4 Å². The predicted octanol–water partition coefficient (Wildman–Crippen LogP) is 2.37. The van der Waals surface area contributed by atoms with Gasteiger partial charge in [-0.25, -0.2) is 14.2 Å². The van der Waals surface area contributed by atoms with Gasteiger partial charge in [-0.1, -0.05) is 18.5 Å². The minimum Gasteiger partial charge on any atom is -0.454 e. The van der Waals surface area contributed by atoms with Crippen LogP contribution in [0.5, 0.6) is 0 Å². The molecule has 154 valence electrons. The summed E-state index contributed by atoms with van der Waals surface area (Å²) in [5.74, 6) is -1.43. The minimum absolute atomic E-state index is 0.0122. The van der Waals surface area contributed by atoms with Gasteiger partial charge in [-0.15, -0.1) is 0 Å². The Kier molecular flexibility index (Phi) is 4.05. The van der Waals surface area contributed by atoms with Crippen LogP contribution in [-0.4, -0.2) is 27.2 Å². The summed E-state index contributed by atoms with van der Waals surface area (Å²) < 4.78 is 20.7. The zero-order valence-corrected chi connectivity index (χ0v) is 16.7. The van der Waals surface area contributed by atoms with Gasteiger partial charge in [-0.2, -0.15) is 0 Å². The highest BCUT2D eigenvalue weighted by atomic mass is 35.5. The van der Waals surface area contributed by atoms with Gasteiger partial charge in [0.15, 0.2) is 5.60 Å². The molecule has 2 aliphatic heterocycles. The maximum Gasteiger partial charge on any atom is 0.343 e. The van der Waals surface area contributed by atoms with Gasteiger partial charge in [-0.3, -0.25) is 4.79 Å². The van der Waals surface area contributed by atoms with E-state index in [1.54, 1.807) is 13.0 Å². The third-order valence-corrected chi connectivity index (χ3v) is 6.21. The first-order chi connectivity index (χ1) is 14.3. The van der Waals surface area contributed by atoms with Crippen LogP contribution in [-0.2, 0) is 21.7 Å². The van der Waals surface area contributed by atoms with E-state index in [0.29, 0.717) is 22.3 Å². The molecule has 4 heterocycles. The molecule has 0 saturated carbocycles. The first kappa shape index (κ1) is 19.2. The van der Waals surface area contributed by atoms with Gasteiger partial charge in [0.25, 0.3) is 5.56 Å². The Balaban J connectivity index is 1.81. The number of pyridine rings is 2.